The van der Waals surface area contributed by atoms with Crippen molar-refractivity contribution in [3.05, 3.63) is 66.2 Å². The van der Waals surface area contributed by atoms with Crippen LogP contribution in [0, 0.1) is 5.92 Å². The van der Waals surface area contributed by atoms with Gasteiger partial charge >= 0.3 is 6.09 Å². The molecule has 0 saturated carbocycles. The lowest BCUT2D eigenvalue weighted by Crippen LogP contribution is -2.29. The SMILES string of the molecule is CC[C@@H]1CN(C(=O)OCc2ccccc2)C[C@@H]1c1cnc2cnc3c(ccn3COCC[Si](C)(C)C)n12. The van der Waals surface area contributed by atoms with Crippen LogP contribution in [-0.4, -0.2) is 57.7 Å². The third kappa shape index (κ3) is 5.57. The predicted molar refractivity (Wildman–Crippen MR) is 147 cm³/mol. The monoisotopic (exact) mass is 519 g/mol. The fourth-order valence-electron chi connectivity index (χ4n) is 5.11. The zero-order valence-corrected chi connectivity index (χ0v) is 23.3. The quantitative estimate of drug-likeness (QED) is 0.208. The molecule has 9 heteroatoms. The van der Waals surface area contributed by atoms with Gasteiger partial charge in [0.15, 0.2) is 11.3 Å². The Morgan fingerprint density at radius 3 is 2.65 bits per heavy atom. The summed E-state index contributed by atoms with van der Waals surface area (Å²) in [4.78, 5) is 24.1. The molecule has 1 aromatic carbocycles. The third-order valence-electron chi connectivity index (χ3n) is 7.31. The molecule has 8 nitrogen and oxygen atoms in total. The van der Waals surface area contributed by atoms with E-state index in [4.69, 9.17) is 14.5 Å². The topological polar surface area (TPSA) is 73.9 Å². The predicted octanol–water partition coefficient (Wildman–Crippen LogP) is 5.76. The van der Waals surface area contributed by atoms with Crippen molar-refractivity contribution in [2.24, 2.45) is 5.92 Å². The van der Waals surface area contributed by atoms with Crippen molar-refractivity contribution in [1.82, 2.24) is 23.8 Å². The van der Waals surface area contributed by atoms with Gasteiger partial charge in [0.05, 0.1) is 11.7 Å². The van der Waals surface area contributed by atoms with E-state index in [-0.39, 0.29) is 18.6 Å². The van der Waals surface area contributed by atoms with Crippen molar-refractivity contribution in [1.29, 1.82) is 0 Å². The molecule has 1 aliphatic rings. The summed E-state index contributed by atoms with van der Waals surface area (Å²) in [5.74, 6) is 0.505. The number of nitrogens with zero attached hydrogens (tertiary/aromatic N) is 5. The van der Waals surface area contributed by atoms with Crippen LogP contribution >= 0.6 is 0 Å². The first-order valence-electron chi connectivity index (χ1n) is 13.2. The Kier molecular flexibility index (Phi) is 7.35. The summed E-state index contributed by atoms with van der Waals surface area (Å²) in [6, 6.07) is 13.0. The first-order chi connectivity index (χ1) is 17.8. The van der Waals surface area contributed by atoms with E-state index in [1.165, 1.54) is 0 Å². The first-order valence-corrected chi connectivity index (χ1v) is 16.9. The normalized spacial score (nSPS) is 18.2. The summed E-state index contributed by atoms with van der Waals surface area (Å²) in [6.07, 6.45) is 6.53. The highest BCUT2D eigenvalue weighted by atomic mass is 28.3. The molecule has 1 saturated heterocycles. The fourth-order valence-corrected chi connectivity index (χ4v) is 5.86. The highest BCUT2D eigenvalue weighted by Gasteiger charge is 2.37. The molecule has 196 valence electrons. The van der Waals surface area contributed by atoms with Crippen molar-refractivity contribution >= 4 is 31.0 Å². The number of benzene rings is 1. The zero-order valence-electron chi connectivity index (χ0n) is 22.3. The molecule has 0 spiro atoms. The minimum atomic E-state index is -1.13. The van der Waals surface area contributed by atoms with Gasteiger partial charge in [0.1, 0.15) is 13.3 Å². The van der Waals surface area contributed by atoms with Crippen molar-refractivity contribution in [3.63, 3.8) is 0 Å². The molecule has 2 atom stereocenters. The summed E-state index contributed by atoms with van der Waals surface area (Å²) in [5, 5.41) is 0. The first kappa shape index (κ1) is 25.5. The minimum Gasteiger partial charge on any atom is -0.445 e. The molecular formula is C28H37N5O3Si. The second kappa shape index (κ2) is 10.7. The van der Waals surface area contributed by atoms with Gasteiger partial charge in [-0.15, -0.1) is 0 Å². The average molecular weight is 520 g/mol. The highest BCUT2D eigenvalue weighted by Crippen LogP contribution is 2.36. The Labute approximate surface area is 219 Å². The second-order valence-electron chi connectivity index (χ2n) is 11.2. The number of ether oxygens (including phenoxy) is 2. The number of hydrogen-bond acceptors (Lipinski definition) is 5. The van der Waals surface area contributed by atoms with Crippen molar-refractivity contribution in [2.75, 3.05) is 19.7 Å². The Balaban J connectivity index is 1.34. The van der Waals surface area contributed by atoms with E-state index in [1.807, 2.05) is 53.8 Å². The number of rotatable bonds is 9. The van der Waals surface area contributed by atoms with Crippen LogP contribution in [0.1, 0.15) is 30.5 Å². The van der Waals surface area contributed by atoms with Gasteiger partial charge in [0, 0.05) is 51.8 Å². The number of carbonyl (C=O) groups excluding carboxylic acids is 1. The molecule has 37 heavy (non-hydrogen) atoms. The van der Waals surface area contributed by atoms with Crippen molar-refractivity contribution < 1.29 is 14.3 Å². The summed E-state index contributed by atoms with van der Waals surface area (Å²) >= 11 is 0. The number of imidazole rings is 1. The summed E-state index contributed by atoms with van der Waals surface area (Å²) in [7, 11) is -1.13. The number of aromatic nitrogens is 4. The van der Waals surface area contributed by atoms with Gasteiger partial charge in [-0.25, -0.2) is 14.8 Å². The van der Waals surface area contributed by atoms with E-state index in [2.05, 4.69) is 46.6 Å². The van der Waals surface area contributed by atoms with Gasteiger partial charge in [-0.3, -0.25) is 4.40 Å². The summed E-state index contributed by atoms with van der Waals surface area (Å²) < 4.78 is 15.9. The van der Waals surface area contributed by atoms with Gasteiger partial charge in [-0.05, 0) is 23.6 Å². The molecule has 0 bridgehead atoms. The van der Waals surface area contributed by atoms with Crippen LogP contribution in [0.4, 0.5) is 4.79 Å². The van der Waals surface area contributed by atoms with Crippen LogP contribution < -0.4 is 0 Å². The Hall–Kier alpha value is -3.17. The van der Waals surface area contributed by atoms with Gasteiger partial charge in [-0.2, -0.15) is 0 Å². The van der Waals surface area contributed by atoms with Crippen LogP contribution in [0.15, 0.2) is 55.0 Å². The number of fused-ring (bicyclic) bond motifs is 3. The van der Waals surface area contributed by atoms with E-state index >= 15 is 0 Å². The summed E-state index contributed by atoms with van der Waals surface area (Å²) in [6.45, 7) is 12.1. The molecule has 5 rings (SSSR count). The highest BCUT2D eigenvalue weighted by molar-refractivity contribution is 6.76. The zero-order chi connectivity index (χ0) is 26.0. The fraction of sp³-hybridized carbons (Fsp3) is 0.464. The van der Waals surface area contributed by atoms with Crippen LogP contribution in [0.5, 0.6) is 0 Å². The average Bonchev–Trinajstić information content (AvgIpc) is 3.61. The number of amides is 1. The van der Waals surface area contributed by atoms with E-state index in [0.717, 1.165) is 47.1 Å². The van der Waals surface area contributed by atoms with Gasteiger partial charge in [0.25, 0.3) is 0 Å². The largest absolute Gasteiger partial charge is 0.445 e. The molecule has 0 aliphatic carbocycles. The standard InChI is InChI=1S/C28H37N5O3Si/c1-5-22-17-32(28(34)36-19-21-9-7-6-8-10-21)18-23(22)25-15-29-26-16-30-27-24(33(25)26)11-12-31(27)20-35-13-14-37(2,3)4/h6-12,15-16,22-23H,5,13-14,17-20H2,1-4H3/t22-,23+/m1/s1. The molecule has 0 unspecified atom stereocenters. The number of likely N-dealkylation sites (tertiary alicyclic amines) is 1. The van der Waals surface area contributed by atoms with Gasteiger partial charge in [-0.1, -0.05) is 63.3 Å². The third-order valence-corrected chi connectivity index (χ3v) is 9.01. The second-order valence-corrected chi connectivity index (χ2v) is 16.8. The number of carbonyl (C=O) groups is 1. The van der Waals surface area contributed by atoms with E-state index in [9.17, 15) is 4.79 Å². The number of hydrogen-bond donors (Lipinski definition) is 0. The van der Waals surface area contributed by atoms with Gasteiger partial charge in [0.2, 0.25) is 0 Å². The van der Waals surface area contributed by atoms with E-state index < -0.39 is 8.07 Å². The van der Waals surface area contributed by atoms with Gasteiger partial charge < -0.3 is 18.9 Å². The minimum absolute atomic E-state index is 0.172. The Morgan fingerprint density at radius 1 is 1.08 bits per heavy atom. The lowest BCUT2D eigenvalue weighted by molar-refractivity contribution is 0.0898. The summed E-state index contributed by atoms with van der Waals surface area (Å²) in [5.41, 5.74) is 4.82. The molecular weight excluding hydrogens is 482 g/mol. The molecule has 4 heterocycles. The Morgan fingerprint density at radius 2 is 1.89 bits per heavy atom. The molecule has 3 aromatic heterocycles. The van der Waals surface area contributed by atoms with Crippen LogP contribution in [0.2, 0.25) is 25.7 Å². The molecule has 1 fully saturated rings. The lowest BCUT2D eigenvalue weighted by atomic mass is 9.91. The lowest BCUT2D eigenvalue weighted by Gasteiger charge is -2.17. The maximum absolute atomic E-state index is 12.9. The maximum Gasteiger partial charge on any atom is 0.410 e. The maximum atomic E-state index is 12.9. The molecule has 1 amide bonds. The van der Waals surface area contributed by atoms with Crippen LogP contribution in [-0.2, 0) is 22.8 Å². The molecule has 0 radical (unpaired) electrons. The van der Waals surface area contributed by atoms with E-state index in [1.54, 1.807) is 0 Å². The molecule has 1 aliphatic heterocycles. The molecule has 0 N–H and O–H groups in total. The van der Waals surface area contributed by atoms with E-state index in [0.29, 0.717) is 25.7 Å². The Bertz CT molecular complexity index is 1360. The molecule has 4 aromatic rings. The van der Waals surface area contributed by atoms with Crippen LogP contribution in [0.25, 0.3) is 16.8 Å². The van der Waals surface area contributed by atoms with Crippen molar-refractivity contribution in [3.8, 4) is 0 Å². The van der Waals surface area contributed by atoms with Crippen molar-refractivity contribution in [2.45, 2.75) is 58.3 Å². The smallest absolute Gasteiger partial charge is 0.410 e. The van der Waals surface area contributed by atoms with Crippen LogP contribution in [0.3, 0.4) is 0 Å².